The molecule has 0 radical (unpaired) electrons. The molecular formula is C16H23N3O3S. The number of aryl methyl sites for hydroxylation is 2. The first-order valence-corrected chi connectivity index (χ1v) is 8.59. The van der Waals surface area contributed by atoms with Crippen LogP contribution in [0.4, 0.5) is 0 Å². The maximum absolute atomic E-state index is 12.5. The first kappa shape index (κ1) is 16.4. The number of nitrogens with one attached hydrogen (secondary N) is 1. The minimum Gasteiger partial charge on any atom is -0.368 e. The van der Waals surface area contributed by atoms with E-state index in [0.717, 1.165) is 10.4 Å². The first-order valence-electron chi connectivity index (χ1n) is 7.77. The molecule has 2 aliphatic heterocycles. The average molecular weight is 337 g/mol. The molecule has 1 aromatic rings. The van der Waals surface area contributed by atoms with Crippen LogP contribution in [-0.4, -0.2) is 73.6 Å². The Morgan fingerprint density at radius 3 is 2.57 bits per heavy atom. The van der Waals surface area contributed by atoms with E-state index < -0.39 is 0 Å². The van der Waals surface area contributed by atoms with Crippen molar-refractivity contribution in [1.82, 2.24) is 15.1 Å². The number of hydrogen-bond donors (Lipinski definition) is 1. The second-order valence-electron chi connectivity index (χ2n) is 6.55. The molecule has 2 saturated heterocycles. The van der Waals surface area contributed by atoms with Crippen molar-refractivity contribution in [3.63, 3.8) is 0 Å². The van der Waals surface area contributed by atoms with Crippen molar-refractivity contribution in [1.29, 1.82) is 0 Å². The monoisotopic (exact) mass is 337 g/mol. The number of carbonyl (C=O) groups excluding carboxylic acids is 2. The Morgan fingerprint density at radius 1 is 1.35 bits per heavy atom. The van der Waals surface area contributed by atoms with E-state index >= 15 is 0 Å². The van der Waals surface area contributed by atoms with Crippen LogP contribution in [0, 0.1) is 13.8 Å². The van der Waals surface area contributed by atoms with Gasteiger partial charge in [0, 0.05) is 18.5 Å². The SMILES string of the molecule is CNC(=O)C1COC2(CN(C(=O)c3cc(C)c(C)s3)C2)CN1C. The first-order chi connectivity index (χ1) is 10.8. The molecule has 1 spiro atoms. The van der Waals surface area contributed by atoms with Gasteiger partial charge in [-0.05, 0) is 32.5 Å². The largest absolute Gasteiger partial charge is 0.368 e. The lowest BCUT2D eigenvalue weighted by molar-refractivity contribution is -0.187. The van der Waals surface area contributed by atoms with E-state index in [9.17, 15) is 9.59 Å². The van der Waals surface area contributed by atoms with Crippen LogP contribution in [0.25, 0.3) is 0 Å². The fourth-order valence-electron chi connectivity index (χ4n) is 3.25. The third-order valence-electron chi connectivity index (χ3n) is 4.79. The van der Waals surface area contributed by atoms with E-state index in [-0.39, 0.29) is 23.5 Å². The van der Waals surface area contributed by atoms with Gasteiger partial charge in [0.25, 0.3) is 5.91 Å². The van der Waals surface area contributed by atoms with Crippen molar-refractivity contribution < 1.29 is 14.3 Å². The standard InChI is InChI=1S/C16H23N3O3S/c1-10-5-13(23-11(10)2)15(21)19-8-16(9-19)7-18(4)12(6-22-16)14(20)17-3/h5,12H,6-9H2,1-4H3,(H,17,20). The average Bonchev–Trinajstić information content (AvgIpc) is 2.82. The maximum Gasteiger partial charge on any atom is 0.264 e. The van der Waals surface area contributed by atoms with Gasteiger partial charge in [0.2, 0.25) is 5.91 Å². The van der Waals surface area contributed by atoms with Crippen LogP contribution in [-0.2, 0) is 9.53 Å². The van der Waals surface area contributed by atoms with Gasteiger partial charge in [-0.1, -0.05) is 0 Å². The molecule has 126 valence electrons. The van der Waals surface area contributed by atoms with Crippen molar-refractivity contribution >= 4 is 23.2 Å². The van der Waals surface area contributed by atoms with E-state index in [1.54, 1.807) is 18.4 Å². The lowest BCUT2D eigenvalue weighted by atomic mass is 9.90. The molecule has 3 heterocycles. The molecular weight excluding hydrogens is 314 g/mol. The molecule has 7 heteroatoms. The normalized spacial score (nSPS) is 23.7. The van der Waals surface area contributed by atoms with Crippen molar-refractivity contribution in [3.8, 4) is 0 Å². The highest BCUT2D eigenvalue weighted by Gasteiger charge is 2.51. The lowest BCUT2D eigenvalue weighted by Crippen LogP contribution is -2.73. The van der Waals surface area contributed by atoms with Crippen LogP contribution in [0.15, 0.2) is 6.07 Å². The fraction of sp³-hybridized carbons (Fsp3) is 0.625. The maximum atomic E-state index is 12.5. The van der Waals surface area contributed by atoms with Crippen LogP contribution < -0.4 is 5.32 Å². The number of likely N-dealkylation sites (tertiary alicyclic amines) is 1. The van der Waals surface area contributed by atoms with Crippen molar-refractivity contribution in [3.05, 3.63) is 21.4 Å². The molecule has 2 aliphatic rings. The zero-order chi connectivity index (χ0) is 16.8. The van der Waals surface area contributed by atoms with Gasteiger partial charge in [-0.3, -0.25) is 14.5 Å². The van der Waals surface area contributed by atoms with Gasteiger partial charge in [0.1, 0.15) is 11.6 Å². The molecule has 0 aromatic carbocycles. The quantitative estimate of drug-likeness (QED) is 0.860. The van der Waals surface area contributed by atoms with Gasteiger partial charge >= 0.3 is 0 Å². The fourth-order valence-corrected chi connectivity index (χ4v) is 4.26. The van der Waals surface area contributed by atoms with Crippen molar-refractivity contribution in [2.75, 3.05) is 40.3 Å². The number of morpholine rings is 1. The Labute approximate surface area is 140 Å². The third kappa shape index (κ3) is 2.88. The number of thiophene rings is 1. The van der Waals surface area contributed by atoms with E-state index in [0.29, 0.717) is 26.2 Å². The summed E-state index contributed by atoms with van der Waals surface area (Å²) >= 11 is 1.55. The van der Waals surface area contributed by atoms with Crippen LogP contribution in [0.5, 0.6) is 0 Å². The van der Waals surface area contributed by atoms with Gasteiger partial charge in [0.05, 0.1) is 24.6 Å². The zero-order valence-electron chi connectivity index (χ0n) is 14.0. The van der Waals surface area contributed by atoms with E-state index in [1.165, 1.54) is 4.88 Å². The number of likely N-dealkylation sites (N-methyl/N-ethyl adjacent to an activating group) is 2. The molecule has 0 bridgehead atoms. The second kappa shape index (κ2) is 5.89. The Morgan fingerprint density at radius 2 is 2.04 bits per heavy atom. The number of rotatable bonds is 2. The van der Waals surface area contributed by atoms with Crippen molar-refractivity contribution in [2.24, 2.45) is 0 Å². The number of carbonyl (C=O) groups is 2. The minimum atomic E-state index is -0.323. The number of nitrogens with zero attached hydrogens (tertiary/aromatic N) is 2. The number of hydrogen-bond acceptors (Lipinski definition) is 5. The Bertz CT molecular complexity index is 617. The van der Waals surface area contributed by atoms with Gasteiger partial charge in [-0.25, -0.2) is 0 Å². The molecule has 2 fully saturated rings. The molecule has 1 unspecified atom stereocenters. The predicted octanol–water partition coefficient (Wildman–Crippen LogP) is 0.636. The molecule has 2 amide bonds. The van der Waals surface area contributed by atoms with Crippen LogP contribution in [0.3, 0.4) is 0 Å². The molecule has 0 saturated carbocycles. The highest BCUT2D eigenvalue weighted by molar-refractivity contribution is 7.14. The van der Waals surface area contributed by atoms with Gasteiger partial charge < -0.3 is 15.0 Å². The number of ether oxygens (including phenoxy) is 1. The molecule has 1 aromatic heterocycles. The summed E-state index contributed by atoms with van der Waals surface area (Å²) < 4.78 is 5.96. The Hall–Kier alpha value is -1.44. The Kier molecular flexibility index (Phi) is 4.20. The molecule has 6 nitrogen and oxygen atoms in total. The van der Waals surface area contributed by atoms with E-state index in [1.807, 2.05) is 36.8 Å². The van der Waals surface area contributed by atoms with Crippen LogP contribution in [0.2, 0.25) is 0 Å². The van der Waals surface area contributed by atoms with E-state index in [4.69, 9.17) is 4.74 Å². The molecule has 1 atom stereocenters. The molecule has 23 heavy (non-hydrogen) atoms. The van der Waals surface area contributed by atoms with Crippen molar-refractivity contribution in [2.45, 2.75) is 25.5 Å². The zero-order valence-corrected chi connectivity index (χ0v) is 14.8. The summed E-state index contributed by atoms with van der Waals surface area (Å²) in [6.45, 7) is 6.27. The van der Waals surface area contributed by atoms with Gasteiger partial charge in [-0.2, -0.15) is 0 Å². The van der Waals surface area contributed by atoms with Gasteiger partial charge in [0.15, 0.2) is 0 Å². The highest BCUT2D eigenvalue weighted by Crippen LogP contribution is 2.33. The van der Waals surface area contributed by atoms with Crippen LogP contribution in [0.1, 0.15) is 20.1 Å². The number of amides is 2. The third-order valence-corrected chi connectivity index (χ3v) is 5.93. The van der Waals surface area contributed by atoms with Gasteiger partial charge in [-0.15, -0.1) is 11.3 Å². The summed E-state index contributed by atoms with van der Waals surface area (Å²) in [6.07, 6.45) is 0. The smallest absolute Gasteiger partial charge is 0.264 e. The molecule has 0 aliphatic carbocycles. The summed E-state index contributed by atoms with van der Waals surface area (Å²) in [5.41, 5.74) is 0.840. The minimum absolute atomic E-state index is 0.0286. The highest BCUT2D eigenvalue weighted by atomic mass is 32.1. The van der Waals surface area contributed by atoms with E-state index in [2.05, 4.69) is 5.32 Å². The summed E-state index contributed by atoms with van der Waals surface area (Å²) in [4.78, 5) is 30.1. The summed E-state index contributed by atoms with van der Waals surface area (Å²) in [5, 5.41) is 2.66. The summed E-state index contributed by atoms with van der Waals surface area (Å²) in [6, 6.07) is 1.71. The summed E-state index contributed by atoms with van der Waals surface area (Å²) in [7, 11) is 3.57. The summed E-state index contributed by atoms with van der Waals surface area (Å²) in [5.74, 6) is 0.0515. The lowest BCUT2D eigenvalue weighted by Gasteiger charge is -2.54. The Balaban J connectivity index is 1.60. The topological polar surface area (TPSA) is 61.9 Å². The van der Waals surface area contributed by atoms with Crippen LogP contribution >= 0.6 is 11.3 Å². The molecule has 3 rings (SSSR count). The second-order valence-corrected chi connectivity index (χ2v) is 7.81. The molecule has 1 N–H and O–H groups in total. The predicted molar refractivity (Wildman–Crippen MR) is 88.9 cm³/mol.